The summed E-state index contributed by atoms with van der Waals surface area (Å²) in [5.41, 5.74) is 0.667. The van der Waals surface area contributed by atoms with E-state index in [4.69, 9.17) is 4.74 Å². The lowest BCUT2D eigenvalue weighted by atomic mass is 10.0. The summed E-state index contributed by atoms with van der Waals surface area (Å²) in [7, 11) is -3.81. The third kappa shape index (κ3) is 6.96. The maximum atomic E-state index is 12.8. The van der Waals surface area contributed by atoms with Crippen molar-refractivity contribution in [2.45, 2.75) is 51.0 Å². The molecule has 34 heavy (non-hydrogen) atoms. The van der Waals surface area contributed by atoms with Crippen LogP contribution in [0.1, 0.15) is 50.4 Å². The zero-order valence-electron chi connectivity index (χ0n) is 19.9. The highest BCUT2D eigenvalue weighted by molar-refractivity contribution is 7.92. The molecule has 1 fully saturated rings. The highest BCUT2D eigenvalue weighted by Crippen LogP contribution is 2.21. The van der Waals surface area contributed by atoms with E-state index >= 15 is 0 Å². The van der Waals surface area contributed by atoms with Gasteiger partial charge in [-0.1, -0.05) is 19.9 Å². The van der Waals surface area contributed by atoms with Crippen molar-refractivity contribution in [1.82, 2.24) is 10.2 Å². The fourth-order valence-electron chi connectivity index (χ4n) is 3.84. The van der Waals surface area contributed by atoms with Gasteiger partial charge in [0, 0.05) is 36.8 Å². The fraction of sp³-hybridized carbons (Fsp3) is 0.440. The summed E-state index contributed by atoms with van der Waals surface area (Å²) in [5.74, 6) is 0.806. The summed E-state index contributed by atoms with van der Waals surface area (Å²) in [6.45, 7) is 7.65. The van der Waals surface area contributed by atoms with Gasteiger partial charge in [-0.2, -0.15) is 0 Å². The number of anilines is 1. The van der Waals surface area contributed by atoms with Crippen molar-refractivity contribution in [3.8, 4) is 5.75 Å². The Balaban J connectivity index is 1.58. The number of amides is 2. The Labute approximate surface area is 201 Å². The van der Waals surface area contributed by atoms with Crippen LogP contribution in [0, 0.1) is 5.92 Å². The molecule has 1 aliphatic heterocycles. The van der Waals surface area contributed by atoms with E-state index in [0.717, 1.165) is 0 Å². The minimum atomic E-state index is -3.81. The molecule has 3 rings (SSSR count). The number of piperidine rings is 1. The number of rotatable bonds is 9. The van der Waals surface area contributed by atoms with Gasteiger partial charge in [0.1, 0.15) is 5.75 Å². The van der Waals surface area contributed by atoms with Gasteiger partial charge >= 0.3 is 0 Å². The van der Waals surface area contributed by atoms with Gasteiger partial charge in [0.25, 0.3) is 15.9 Å². The van der Waals surface area contributed by atoms with Crippen LogP contribution in [0.4, 0.5) is 5.69 Å². The predicted molar refractivity (Wildman–Crippen MR) is 131 cm³/mol. The van der Waals surface area contributed by atoms with Crippen molar-refractivity contribution in [2.75, 3.05) is 24.4 Å². The van der Waals surface area contributed by atoms with Gasteiger partial charge in [-0.25, -0.2) is 8.42 Å². The third-order valence-electron chi connectivity index (χ3n) is 5.59. The second kappa shape index (κ2) is 11.4. The number of benzene rings is 2. The Morgan fingerprint density at radius 2 is 1.76 bits per heavy atom. The van der Waals surface area contributed by atoms with Crippen LogP contribution in [0.3, 0.4) is 0 Å². The SMILES string of the molecule is CCOc1ccc(S(=O)(=O)Nc2cccc(C(=O)NC3CCN(C(=O)CC(C)C)CC3)c2)cc1. The van der Waals surface area contributed by atoms with Gasteiger partial charge in [-0.15, -0.1) is 0 Å². The molecule has 8 nitrogen and oxygen atoms in total. The van der Waals surface area contributed by atoms with E-state index in [9.17, 15) is 18.0 Å². The highest BCUT2D eigenvalue weighted by atomic mass is 32.2. The second-order valence-electron chi connectivity index (χ2n) is 8.82. The number of hydrogen-bond donors (Lipinski definition) is 2. The van der Waals surface area contributed by atoms with Crippen molar-refractivity contribution < 1.29 is 22.7 Å². The largest absolute Gasteiger partial charge is 0.494 e. The number of likely N-dealkylation sites (tertiary alicyclic amines) is 1. The zero-order chi connectivity index (χ0) is 24.7. The summed E-state index contributed by atoms with van der Waals surface area (Å²) in [6, 6.07) is 12.5. The predicted octanol–water partition coefficient (Wildman–Crippen LogP) is 3.65. The molecule has 2 amide bonds. The van der Waals surface area contributed by atoms with E-state index in [-0.39, 0.29) is 22.8 Å². The second-order valence-corrected chi connectivity index (χ2v) is 10.5. The van der Waals surface area contributed by atoms with Crippen LogP contribution in [0.5, 0.6) is 5.75 Å². The van der Waals surface area contributed by atoms with Gasteiger partial charge in [0.15, 0.2) is 0 Å². The first kappa shape index (κ1) is 25.6. The van der Waals surface area contributed by atoms with E-state index in [1.807, 2.05) is 25.7 Å². The summed E-state index contributed by atoms with van der Waals surface area (Å²) < 4.78 is 33.3. The smallest absolute Gasteiger partial charge is 0.261 e. The maximum absolute atomic E-state index is 12.8. The monoisotopic (exact) mass is 487 g/mol. The van der Waals surface area contributed by atoms with Gasteiger partial charge in [-0.05, 0) is 68.1 Å². The number of nitrogens with one attached hydrogen (secondary N) is 2. The Hall–Kier alpha value is -3.07. The van der Waals surface area contributed by atoms with E-state index in [0.29, 0.717) is 61.9 Å². The summed E-state index contributed by atoms with van der Waals surface area (Å²) >= 11 is 0. The lowest BCUT2D eigenvalue weighted by molar-refractivity contribution is -0.133. The van der Waals surface area contributed by atoms with Crippen molar-refractivity contribution in [3.05, 3.63) is 54.1 Å². The number of carbonyl (C=O) groups excluding carboxylic acids is 2. The quantitative estimate of drug-likeness (QED) is 0.562. The van der Waals surface area contributed by atoms with Gasteiger partial charge < -0.3 is 15.0 Å². The summed E-state index contributed by atoms with van der Waals surface area (Å²) in [4.78, 5) is 27.0. The standard InChI is InChI=1S/C25H33N3O5S/c1-4-33-22-8-10-23(11-9-22)34(31,32)27-21-7-5-6-19(17-21)25(30)26-20-12-14-28(15-13-20)24(29)16-18(2)3/h5-11,17-18,20,27H,4,12-16H2,1-3H3,(H,26,30). The van der Waals surface area contributed by atoms with E-state index in [2.05, 4.69) is 10.0 Å². The molecule has 1 aliphatic rings. The average Bonchev–Trinajstić information content (AvgIpc) is 2.79. The molecule has 0 saturated carbocycles. The van der Waals surface area contributed by atoms with Crippen molar-refractivity contribution >= 4 is 27.5 Å². The zero-order valence-corrected chi connectivity index (χ0v) is 20.7. The van der Waals surface area contributed by atoms with Gasteiger partial charge in [0.2, 0.25) is 5.91 Å². The molecule has 0 aromatic heterocycles. The maximum Gasteiger partial charge on any atom is 0.261 e. The first-order chi connectivity index (χ1) is 16.2. The fourth-order valence-corrected chi connectivity index (χ4v) is 4.89. The van der Waals surface area contributed by atoms with Crippen LogP contribution >= 0.6 is 0 Å². The van der Waals surface area contributed by atoms with Crippen LogP contribution in [-0.2, 0) is 14.8 Å². The molecule has 0 aliphatic carbocycles. The number of carbonyl (C=O) groups is 2. The first-order valence-corrected chi connectivity index (χ1v) is 13.1. The Morgan fingerprint density at radius 1 is 1.09 bits per heavy atom. The number of sulfonamides is 1. The normalized spacial score (nSPS) is 14.6. The average molecular weight is 488 g/mol. The molecule has 0 bridgehead atoms. The molecule has 2 N–H and O–H groups in total. The summed E-state index contributed by atoms with van der Waals surface area (Å²) in [5, 5.41) is 3.01. The molecule has 0 spiro atoms. The van der Waals surface area contributed by atoms with E-state index in [1.54, 1.807) is 30.3 Å². The molecule has 1 saturated heterocycles. The van der Waals surface area contributed by atoms with Crippen LogP contribution in [-0.4, -0.2) is 50.9 Å². The van der Waals surface area contributed by atoms with Gasteiger partial charge in [-0.3, -0.25) is 14.3 Å². The molecule has 0 unspecified atom stereocenters. The van der Waals surface area contributed by atoms with Gasteiger partial charge in [0.05, 0.1) is 11.5 Å². The molecule has 0 radical (unpaired) electrons. The molecule has 9 heteroatoms. The number of nitrogens with zero attached hydrogens (tertiary/aromatic N) is 1. The molecular formula is C25H33N3O5S. The summed E-state index contributed by atoms with van der Waals surface area (Å²) in [6.07, 6.45) is 1.93. The van der Waals surface area contributed by atoms with Crippen LogP contribution < -0.4 is 14.8 Å². The van der Waals surface area contributed by atoms with Crippen molar-refractivity contribution in [3.63, 3.8) is 0 Å². The Bertz CT molecular complexity index is 1090. The highest BCUT2D eigenvalue weighted by Gasteiger charge is 2.24. The molecule has 2 aromatic rings. The van der Waals surface area contributed by atoms with E-state index < -0.39 is 10.0 Å². The van der Waals surface area contributed by atoms with E-state index in [1.165, 1.54) is 18.2 Å². The van der Waals surface area contributed by atoms with Crippen molar-refractivity contribution in [2.24, 2.45) is 5.92 Å². The Kier molecular flexibility index (Phi) is 8.55. The lowest BCUT2D eigenvalue weighted by Crippen LogP contribution is -2.46. The van der Waals surface area contributed by atoms with Crippen molar-refractivity contribution in [1.29, 1.82) is 0 Å². The number of hydrogen-bond acceptors (Lipinski definition) is 5. The minimum absolute atomic E-state index is 0.0280. The number of ether oxygens (including phenoxy) is 1. The lowest BCUT2D eigenvalue weighted by Gasteiger charge is -2.33. The first-order valence-electron chi connectivity index (χ1n) is 11.6. The molecule has 1 heterocycles. The molecule has 2 aromatic carbocycles. The molecule has 184 valence electrons. The third-order valence-corrected chi connectivity index (χ3v) is 6.98. The Morgan fingerprint density at radius 3 is 2.38 bits per heavy atom. The van der Waals surface area contributed by atoms with Crippen LogP contribution in [0.2, 0.25) is 0 Å². The van der Waals surface area contributed by atoms with Crippen LogP contribution in [0.25, 0.3) is 0 Å². The molecular weight excluding hydrogens is 454 g/mol. The topological polar surface area (TPSA) is 105 Å². The minimum Gasteiger partial charge on any atom is -0.494 e. The molecule has 0 atom stereocenters. The van der Waals surface area contributed by atoms with Crippen LogP contribution in [0.15, 0.2) is 53.4 Å².